The molecule has 0 fully saturated rings. The summed E-state index contributed by atoms with van der Waals surface area (Å²) in [4.78, 5) is 19.2. The van der Waals surface area contributed by atoms with E-state index in [1.54, 1.807) is 0 Å². The molecule has 1 atom stereocenters. The molecule has 6 nitrogen and oxygen atoms in total. The van der Waals surface area contributed by atoms with Crippen molar-refractivity contribution in [2.45, 2.75) is 38.6 Å². The van der Waals surface area contributed by atoms with Crippen molar-refractivity contribution in [1.82, 2.24) is 15.5 Å². The van der Waals surface area contributed by atoms with Crippen LogP contribution in [-0.4, -0.2) is 54.7 Å². The van der Waals surface area contributed by atoms with Crippen molar-refractivity contribution < 1.29 is 9.90 Å². The average molecular weight is 423 g/mol. The number of rotatable bonds is 9. The zero-order chi connectivity index (χ0) is 21.9. The average Bonchev–Trinajstić information content (AvgIpc) is 2.82. The van der Waals surface area contributed by atoms with E-state index in [2.05, 4.69) is 33.8 Å². The van der Waals surface area contributed by atoms with Gasteiger partial charge in [-0.15, -0.1) is 0 Å². The molecule has 31 heavy (non-hydrogen) atoms. The second-order valence-corrected chi connectivity index (χ2v) is 7.87. The molecule has 2 aromatic carbocycles. The molecule has 0 saturated heterocycles. The molecule has 1 amide bonds. The number of aliphatic imine (C=N–C) groups is 1. The van der Waals surface area contributed by atoms with Gasteiger partial charge in [0.05, 0.1) is 13.2 Å². The minimum atomic E-state index is -0.0276. The first-order valence-electron chi connectivity index (χ1n) is 11.2. The number of nitrogens with zero attached hydrogens (tertiary/aromatic N) is 2. The number of hydrogen-bond donors (Lipinski definition) is 3. The van der Waals surface area contributed by atoms with E-state index in [-0.39, 0.29) is 18.4 Å². The molecule has 3 N–H and O–H groups in total. The monoisotopic (exact) mass is 422 g/mol. The van der Waals surface area contributed by atoms with E-state index in [1.165, 1.54) is 11.1 Å². The molecular formula is C25H34N4O2. The zero-order valence-corrected chi connectivity index (χ0v) is 18.4. The highest BCUT2D eigenvalue weighted by atomic mass is 16.3. The first-order valence-corrected chi connectivity index (χ1v) is 11.2. The highest BCUT2D eigenvalue weighted by molar-refractivity contribution is 5.80. The molecule has 0 spiro atoms. The normalized spacial score (nSPS) is 14.6. The fourth-order valence-corrected chi connectivity index (χ4v) is 3.85. The van der Waals surface area contributed by atoms with Crippen LogP contribution in [0.5, 0.6) is 0 Å². The van der Waals surface area contributed by atoms with Gasteiger partial charge in [-0.3, -0.25) is 9.79 Å². The van der Waals surface area contributed by atoms with Gasteiger partial charge in [-0.25, -0.2) is 0 Å². The second kappa shape index (κ2) is 12.1. The molecule has 0 saturated carbocycles. The number of aliphatic hydroxyl groups is 1. The van der Waals surface area contributed by atoms with Crippen LogP contribution in [0.1, 0.15) is 42.4 Å². The molecule has 0 aromatic heterocycles. The van der Waals surface area contributed by atoms with Crippen molar-refractivity contribution in [1.29, 1.82) is 0 Å². The van der Waals surface area contributed by atoms with Gasteiger partial charge in [0.15, 0.2) is 5.96 Å². The predicted octanol–water partition coefficient (Wildman–Crippen LogP) is 2.68. The molecule has 6 heteroatoms. The summed E-state index contributed by atoms with van der Waals surface area (Å²) >= 11 is 0. The number of amides is 1. The maximum atomic E-state index is 12.6. The van der Waals surface area contributed by atoms with Crippen LogP contribution in [0.25, 0.3) is 0 Å². The lowest BCUT2D eigenvalue weighted by Crippen LogP contribution is -2.39. The van der Waals surface area contributed by atoms with Crippen LogP contribution in [0, 0.1) is 0 Å². The van der Waals surface area contributed by atoms with Crippen LogP contribution in [0.4, 0.5) is 0 Å². The summed E-state index contributed by atoms with van der Waals surface area (Å²) < 4.78 is 0. The minimum Gasteiger partial charge on any atom is -0.396 e. The molecule has 3 rings (SSSR count). The Morgan fingerprint density at radius 2 is 1.84 bits per heavy atom. The molecule has 0 radical (unpaired) electrons. The van der Waals surface area contributed by atoms with Crippen LogP contribution in [-0.2, 0) is 17.8 Å². The topological polar surface area (TPSA) is 77.0 Å². The first kappa shape index (κ1) is 22.8. The van der Waals surface area contributed by atoms with Gasteiger partial charge in [-0.1, -0.05) is 54.6 Å². The third-order valence-corrected chi connectivity index (χ3v) is 5.65. The summed E-state index contributed by atoms with van der Waals surface area (Å²) in [7, 11) is 0. The Hall–Kier alpha value is -2.86. The van der Waals surface area contributed by atoms with Gasteiger partial charge in [-0.2, -0.15) is 0 Å². The van der Waals surface area contributed by atoms with E-state index in [9.17, 15) is 9.90 Å². The third-order valence-electron chi connectivity index (χ3n) is 5.65. The Labute approximate surface area is 185 Å². The van der Waals surface area contributed by atoms with Gasteiger partial charge in [0.2, 0.25) is 5.91 Å². The van der Waals surface area contributed by atoms with Crippen LogP contribution >= 0.6 is 0 Å². The molecule has 1 unspecified atom stereocenters. The van der Waals surface area contributed by atoms with E-state index in [0.29, 0.717) is 26.1 Å². The highest BCUT2D eigenvalue weighted by Gasteiger charge is 2.19. The fraction of sp³-hybridized carbons (Fsp3) is 0.440. The lowest BCUT2D eigenvalue weighted by molar-refractivity contribution is -0.132. The van der Waals surface area contributed by atoms with Crippen molar-refractivity contribution in [2.24, 2.45) is 4.99 Å². The van der Waals surface area contributed by atoms with Crippen LogP contribution in [0.15, 0.2) is 59.6 Å². The van der Waals surface area contributed by atoms with Crippen molar-refractivity contribution >= 4 is 11.9 Å². The Balaban J connectivity index is 1.44. The van der Waals surface area contributed by atoms with Gasteiger partial charge < -0.3 is 20.6 Å². The summed E-state index contributed by atoms with van der Waals surface area (Å²) in [6.07, 6.45) is 2.21. The Morgan fingerprint density at radius 1 is 1.10 bits per heavy atom. The summed E-state index contributed by atoms with van der Waals surface area (Å²) in [5.74, 6) is 0.902. The third kappa shape index (κ3) is 6.82. The van der Waals surface area contributed by atoms with Crippen LogP contribution in [0.2, 0.25) is 0 Å². The molecule has 1 aliphatic rings. The number of guanidine groups is 1. The SMILES string of the molecule is CCNC(=NCC(CO)c1ccccc1)NCCCC(=O)N1CCc2ccccc2C1. The smallest absolute Gasteiger partial charge is 0.222 e. The van der Waals surface area contributed by atoms with Gasteiger partial charge in [0, 0.05) is 38.5 Å². The molecule has 0 bridgehead atoms. The summed E-state index contributed by atoms with van der Waals surface area (Å²) in [6, 6.07) is 18.3. The quantitative estimate of drug-likeness (QED) is 0.330. The summed E-state index contributed by atoms with van der Waals surface area (Å²) in [5.41, 5.74) is 3.70. The Bertz CT molecular complexity index is 854. The number of benzene rings is 2. The van der Waals surface area contributed by atoms with E-state index in [4.69, 9.17) is 0 Å². The number of aliphatic hydroxyl groups excluding tert-OH is 1. The predicted molar refractivity (Wildman–Crippen MR) is 125 cm³/mol. The molecule has 0 aliphatic carbocycles. The van der Waals surface area contributed by atoms with E-state index in [0.717, 1.165) is 37.5 Å². The van der Waals surface area contributed by atoms with Crippen LogP contribution < -0.4 is 10.6 Å². The Kier molecular flexibility index (Phi) is 8.91. The molecule has 1 heterocycles. The number of hydrogen-bond acceptors (Lipinski definition) is 3. The lowest BCUT2D eigenvalue weighted by Gasteiger charge is -2.29. The number of nitrogens with one attached hydrogen (secondary N) is 2. The van der Waals surface area contributed by atoms with Crippen LogP contribution in [0.3, 0.4) is 0 Å². The molecular weight excluding hydrogens is 388 g/mol. The zero-order valence-electron chi connectivity index (χ0n) is 18.4. The summed E-state index contributed by atoms with van der Waals surface area (Å²) in [6.45, 7) is 5.53. The first-order chi connectivity index (χ1) is 15.2. The van der Waals surface area contributed by atoms with Gasteiger partial charge in [0.25, 0.3) is 0 Å². The van der Waals surface area contributed by atoms with Crippen molar-refractivity contribution in [3.63, 3.8) is 0 Å². The molecule has 1 aliphatic heterocycles. The van der Waals surface area contributed by atoms with Gasteiger partial charge >= 0.3 is 0 Å². The fourth-order valence-electron chi connectivity index (χ4n) is 3.85. The second-order valence-electron chi connectivity index (χ2n) is 7.87. The summed E-state index contributed by atoms with van der Waals surface area (Å²) in [5, 5.41) is 16.3. The van der Waals surface area contributed by atoms with Gasteiger partial charge in [-0.05, 0) is 36.5 Å². The van der Waals surface area contributed by atoms with Crippen molar-refractivity contribution in [2.75, 3.05) is 32.8 Å². The minimum absolute atomic E-state index is 0.0276. The van der Waals surface area contributed by atoms with E-state index in [1.807, 2.05) is 48.2 Å². The maximum Gasteiger partial charge on any atom is 0.222 e. The largest absolute Gasteiger partial charge is 0.396 e. The van der Waals surface area contributed by atoms with Crippen molar-refractivity contribution in [3.05, 3.63) is 71.3 Å². The number of carbonyl (C=O) groups excluding carboxylic acids is 1. The Morgan fingerprint density at radius 3 is 2.58 bits per heavy atom. The molecule has 166 valence electrons. The number of carbonyl (C=O) groups is 1. The van der Waals surface area contributed by atoms with E-state index >= 15 is 0 Å². The van der Waals surface area contributed by atoms with Gasteiger partial charge in [0.1, 0.15) is 0 Å². The van der Waals surface area contributed by atoms with Crippen molar-refractivity contribution in [3.8, 4) is 0 Å². The maximum absolute atomic E-state index is 12.6. The molecule has 2 aromatic rings. The van der Waals surface area contributed by atoms with E-state index < -0.39 is 0 Å². The lowest BCUT2D eigenvalue weighted by atomic mass is 9.99. The number of fused-ring (bicyclic) bond motifs is 1. The highest BCUT2D eigenvalue weighted by Crippen LogP contribution is 2.19. The standard InChI is InChI=1S/C25H34N4O2/c1-2-26-25(28-17-23(19-30)20-9-4-3-5-10-20)27-15-8-13-24(31)29-16-14-21-11-6-7-12-22(21)18-29/h3-7,9-12,23,30H,2,8,13-19H2,1H3,(H2,26,27,28).